The van der Waals surface area contributed by atoms with Gasteiger partial charge in [0, 0.05) is 6.58 Å². The number of hydrogen-bond acceptors (Lipinski definition) is 0. The molecule has 70 valence electrons. The Labute approximate surface area is 80.3 Å². The molecule has 0 bridgehead atoms. The molecule has 1 aliphatic rings. The van der Waals surface area contributed by atoms with Crippen LogP contribution < -0.4 is 4.67 Å². The average molecular weight is 177 g/mol. The summed E-state index contributed by atoms with van der Waals surface area (Å²) in [6.07, 6.45) is 5.98. The zero-order chi connectivity index (χ0) is 10.3. The van der Waals surface area contributed by atoms with Crippen molar-refractivity contribution in [3.05, 3.63) is 30.5 Å². The van der Waals surface area contributed by atoms with Crippen molar-refractivity contribution in [1.29, 1.82) is 0 Å². The van der Waals surface area contributed by atoms with E-state index >= 15 is 0 Å². The molecule has 0 aromatic rings. The highest BCUT2D eigenvalue weighted by atomic mass is 15.1. The van der Waals surface area contributed by atoms with Crippen molar-refractivity contribution in [2.75, 3.05) is 7.05 Å². The fraction of sp³-hybridized carbons (Fsp3) is 0.364. The number of hydrogen-bond donors (Lipinski definition) is 0. The molecule has 0 atom stereocenters. The van der Waals surface area contributed by atoms with Gasteiger partial charge >= 0.3 is 5.84 Å². The summed E-state index contributed by atoms with van der Waals surface area (Å²) in [6, 6.07) is 0. The van der Waals surface area contributed by atoms with Gasteiger partial charge in [0.25, 0.3) is 0 Å². The maximum atomic E-state index is 4.01. The minimum Gasteiger partial charge on any atom is -0.222 e. The van der Waals surface area contributed by atoms with Gasteiger partial charge in [-0.25, -0.2) is 4.90 Å². The predicted octanol–water partition coefficient (Wildman–Crippen LogP) is 1.74. The molecule has 1 aliphatic heterocycles. The van der Waals surface area contributed by atoms with E-state index in [1.54, 1.807) is 0 Å². The highest BCUT2D eigenvalue weighted by molar-refractivity contribution is 6.03. The smallest absolute Gasteiger partial charge is 0.222 e. The van der Waals surface area contributed by atoms with Crippen molar-refractivity contribution in [2.45, 2.75) is 20.8 Å². The Morgan fingerprint density at radius 1 is 1.54 bits per heavy atom. The van der Waals surface area contributed by atoms with Crippen molar-refractivity contribution in [3.8, 4) is 0 Å². The molecule has 13 heavy (non-hydrogen) atoms. The van der Waals surface area contributed by atoms with Gasteiger partial charge in [0.2, 0.25) is 0 Å². The van der Waals surface area contributed by atoms with Crippen LogP contribution in [0, 0.1) is 0 Å². The first-order valence-corrected chi connectivity index (χ1v) is 4.47. The summed E-state index contributed by atoms with van der Waals surface area (Å²) < 4.78 is 4.01. The van der Waals surface area contributed by atoms with Gasteiger partial charge in [-0.1, -0.05) is 19.9 Å². The van der Waals surface area contributed by atoms with Crippen LogP contribution in [0.2, 0.25) is 0 Å². The zero-order valence-electron chi connectivity index (χ0n) is 8.83. The minimum absolute atomic E-state index is 0.905. The van der Waals surface area contributed by atoms with E-state index in [0.717, 1.165) is 11.4 Å². The van der Waals surface area contributed by atoms with Gasteiger partial charge in [-0.3, -0.25) is 0 Å². The van der Waals surface area contributed by atoms with E-state index in [1.807, 2.05) is 51.1 Å². The van der Waals surface area contributed by atoms with Gasteiger partial charge in [0.15, 0.2) is 5.87 Å². The van der Waals surface area contributed by atoms with E-state index in [2.05, 4.69) is 17.1 Å². The lowest BCUT2D eigenvalue weighted by Gasteiger charge is -1.94. The topological polar surface area (TPSA) is 17.3 Å². The Morgan fingerprint density at radius 3 is 2.62 bits per heavy atom. The van der Waals surface area contributed by atoms with Crippen LogP contribution in [0.1, 0.15) is 20.8 Å². The second kappa shape index (κ2) is 6.07. The van der Waals surface area contributed by atoms with Gasteiger partial charge in [0.1, 0.15) is 0 Å². The third kappa shape index (κ3) is 2.79. The molecule has 1 rings (SSSR count). The lowest BCUT2D eigenvalue weighted by atomic mass is 10.2. The lowest BCUT2D eigenvalue weighted by Crippen LogP contribution is -2.19. The Bertz CT molecular complexity index is 298. The highest BCUT2D eigenvalue weighted by Crippen LogP contribution is 2.09. The van der Waals surface area contributed by atoms with E-state index in [1.165, 1.54) is 0 Å². The normalized spacial score (nSPS) is 16.5. The predicted molar refractivity (Wildman–Crippen MR) is 59.8 cm³/mol. The van der Waals surface area contributed by atoms with Crippen molar-refractivity contribution >= 4 is 11.7 Å². The second-order valence-corrected chi connectivity index (χ2v) is 2.26. The molecule has 0 N–H and O–H groups in total. The first kappa shape index (κ1) is 11.5. The van der Waals surface area contributed by atoms with Crippen LogP contribution in [0.5, 0.6) is 0 Å². The SMILES string of the molecule is C=C=[N+]=C1/C(=C\C)C=CN1C.CC. The molecular formula is C11H17N2+. The van der Waals surface area contributed by atoms with E-state index in [4.69, 9.17) is 0 Å². The summed E-state index contributed by atoms with van der Waals surface area (Å²) in [6.45, 7) is 9.42. The van der Waals surface area contributed by atoms with E-state index in [9.17, 15) is 0 Å². The fourth-order valence-electron chi connectivity index (χ4n) is 0.985. The Hall–Kier alpha value is -1.49. The minimum atomic E-state index is 0.905. The summed E-state index contributed by atoms with van der Waals surface area (Å²) in [5.41, 5.74) is 1.11. The molecule has 0 aliphatic carbocycles. The molecule has 0 unspecified atom stereocenters. The molecule has 0 fully saturated rings. The first-order chi connectivity index (χ1) is 6.29. The molecule has 0 aromatic carbocycles. The molecular weight excluding hydrogens is 160 g/mol. The number of amidine groups is 1. The molecule has 1 heterocycles. The van der Waals surface area contributed by atoms with Gasteiger partial charge < -0.3 is 0 Å². The standard InChI is InChI=1S/C9H11N2.C2H6/c1-4-8-6-7-11(3)9(8)10-5-2;1-2/h4,6-7H,2H2,1,3H3;1-2H3/q+1;/b8-4-;. The summed E-state index contributed by atoms with van der Waals surface area (Å²) in [5, 5.41) is 0. The third-order valence-corrected chi connectivity index (χ3v) is 1.57. The maximum absolute atomic E-state index is 4.01. The van der Waals surface area contributed by atoms with E-state index in [0.29, 0.717) is 0 Å². The molecule has 0 aromatic heterocycles. The Morgan fingerprint density at radius 2 is 2.15 bits per heavy atom. The van der Waals surface area contributed by atoms with Crippen LogP contribution in [0.4, 0.5) is 0 Å². The molecule has 0 radical (unpaired) electrons. The molecule has 0 amide bonds. The van der Waals surface area contributed by atoms with Crippen LogP contribution in [-0.4, -0.2) is 23.7 Å². The quantitative estimate of drug-likeness (QED) is 0.407. The molecule has 0 saturated carbocycles. The van der Waals surface area contributed by atoms with Crippen LogP contribution in [0.25, 0.3) is 0 Å². The van der Waals surface area contributed by atoms with E-state index in [-0.39, 0.29) is 0 Å². The second-order valence-electron chi connectivity index (χ2n) is 2.26. The summed E-state index contributed by atoms with van der Waals surface area (Å²) >= 11 is 0. The van der Waals surface area contributed by atoms with E-state index < -0.39 is 0 Å². The molecule has 2 heteroatoms. The fourth-order valence-corrected chi connectivity index (χ4v) is 0.985. The Balaban J connectivity index is 0.000000671. The van der Waals surface area contributed by atoms with Gasteiger partial charge in [0.05, 0.1) is 18.8 Å². The largest absolute Gasteiger partial charge is 0.392 e. The summed E-state index contributed by atoms with van der Waals surface area (Å²) in [7, 11) is 1.95. The first-order valence-electron chi connectivity index (χ1n) is 4.47. The zero-order valence-corrected chi connectivity index (χ0v) is 8.83. The van der Waals surface area contributed by atoms with Crippen LogP contribution in [0.15, 0.2) is 30.5 Å². The number of nitrogens with zero attached hydrogens (tertiary/aromatic N) is 2. The number of likely N-dealkylation sites (N-methyl/N-ethyl adjacent to an activating group) is 1. The lowest BCUT2D eigenvalue weighted by molar-refractivity contribution is 0.704. The van der Waals surface area contributed by atoms with Crippen LogP contribution in [-0.2, 0) is 0 Å². The van der Waals surface area contributed by atoms with Gasteiger partial charge in [-0.05, 0) is 13.0 Å². The monoisotopic (exact) mass is 177 g/mol. The average Bonchev–Trinajstić information content (AvgIpc) is 2.52. The van der Waals surface area contributed by atoms with Crippen LogP contribution >= 0.6 is 0 Å². The summed E-state index contributed by atoms with van der Waals surface area (Å²) in [5.74, 6) is 3.42. The van der Waals surface area contributed by atoms with Crippen molar-refractivity contribution in [1.82, 2.24) is 9.57 Å². The maximum Gasteiger partial charge on any atom is 0.392 e. The number of allylic oxidation sites excluding steroid dienone is 1. The highest BCUT2D eigenvalue weighted by Gasteiger charge is 2.23. The van der Waals surface area contributed by atoms with Crippen molar-refractivity contribution in [2.24, 2.45) is 0 Å². The molecule has 0 spiro atoms. The van der Waals surface area contributed by atoms with Crippen molar-refractivity contribution < 1.29 is 0 Å². The van der Waals surface area contributed by atoms with Gasteiger partial charge in [-0.2, -0.15) is 4.67 Å². The number of rotatable bonds is 0. The Kier molecular flexibility index (Phi) is 5.38. The third-order valence-electron chi connectivity index (χ3n) is 1.57. The molecule has 0 saturated heterocycles. The van der Waals surface area contributed by atoms with Crippen LogP contribution in [0.3, 0.4) is 0 Å². The summed E-state index contributed by atoms with van der Waals surface area (Å²) in [4.78, 5) is 1.94. The van der Waals surface area contributed by atoms with Gasteiger partial charge in [-0.15, -0.1) is 0 Å². The molecule has 2 nitrogen and oxygen atoms in total. The van der Waals surface area contributed by atoms with Crippen molar-refractivity contribution in [3.63, 3.8) is 0 Å².